The van der Waals surface area contributed by atoms with Gasteiger partial charge in [0.05, 0.1) is 12.2 Å². The molecule has 1 fully saturated rings. The Hall–Kier alpha value is -0.640. The molecule has 1 aromatic rings. The third-order valence-corrected chi connectivity index (χ3v) is 4.11. The first-order valence-electron chi connectivity index (χ1n) is 4.98. The van der Waals surface area contributed by atoms with Crippen molar-refractivity contribution < 1.29 is 0 Å². The van der Waals surface area contributed by atoms with Crippen molar-refractivity contribution >= 4 is 17.6 Å². The fraction of sp³-hybridized carbons (Fsp3) is 0.700. The standard InChI is InChI=1S/C10H17N3S/c1-10(2)4-6-14-7-8(10)13-9(11)3-5-12-13/h3,5,8H,4,6-7,11H2,1-2H3. The Morgan fingerprint density at radius 2 is 2.43 bits per heavy atom. The SMILES string of the molecule is CC1(C)CCSCC1n1nccc1N. The van der Waals surface area contributed by atoms with Crippen molar-refractivity contribution in [1.82, 2.24) is 9.78 Å². The number of nitrogen functional groups attached to an aromatic ring is 1. The highest BCUT2D eigenvalue weighted by atomic mass is 32.2. The van der Waals surface area contributed by atoms with Crippen molar-refractivity contribution in [2.75, 3.05) is 17.2 Å². The molecule has 2 N–H and O–H groups in total. The third kappa shape index (κ3) is 1.63. The molecular formula is C10H17N3S. The lowest BCUT2D eigenvalue weighted by molar-refractivity contribution is 0.211. The van der Waals surface area contributed by atoms with Crippen LogP contribution >= 0.6 is 11.8 Å². The zero-order valence-electron chi connectivity index (χ0n) is 8.73. The summed E-state index contributed by atoms with van der Waals surface area (Å²) in [6.07, 6.45) is 3.02. The van der Waals surface area contributed by atoms with Crippen LogP contribution in [0.3, 0.4) is 0 Å². The Morgan fingerprint density at radius 1 is 1.64 bits per heavy atom. The van der Waals surface area contributed by atoms with E-state index >= 15 is 0 Å². The van der Waals surface area contributed by atoms with Gasteiger partial charge < -0.3 is 5.73 Å². The summed E-state index contributed by atoms with van der Waals surface area (Å²) in [5.74, 6) is 3.16. The summed E-state index contributed by atoms with van der Waals surface area (Å²) in [4.78, 5) is 0. The molecule has 78 valence electrons. The molecule has 0 aromatic carbocycles. The fourth-order valence-corrected chi connectivity index (χ4v) is 3.56. The van der Waals surface area contributed by atoms with Gasteiger partial charge in [-0.2, -0.15) is 16.9 Å². The van der Waals surface area contributed by atoms with Gasteiger partial charge in [0.1, 0.15) is 5.82 Å². The van der Waals surface area contributed by atoms with Crippen LogP contribution in [0.25, 0.3) is 0 Å². The van der Waals surface area contributed by atoms with E-state index in [1.54, 1.807) is 6.20 Å². The summed E-state index contributed by atoms with van der Waals surface area (Å²) in [5, 5.41) is 4.31. The number of hydrogen-bond donors (Lipinski definition) is 1. The topological polar surface area (TPSA) is 43.8 Å². The summed E-state index contributed by atoms with van der Waals surface area (Å²) in [5.41, 5.74) is 6.19. The van der Waals surface area contributed by atoms with Crippen LogP contribution < -0.4 is 5.73 Å². The normalized spacial score (nSPS) is 26.3. The lowest BCUT2D eigenvalue weighted by atomic mass is 9.82. The largest absolute Gasteiger partial charge is 0.384 e. The van der Waals surface area contributed by atoms with Gasteiger partial charge in [-0.25, -0.2) is 4.68 Å². The van der Waals surface area contributed by atoms with Gasteiger partial charge in [-0.1, -0.05) is 13.8 Å². The number of nitrogens with two attached hydrogens (primary N) is 1. The monoisotopic (exact) mass is 211 g/mol. The van der Waals surface area contributed by atoms with Gasteiger partial charge >= 0.3 is 0 Å². The first kappa shape index (κ1) is 9.90. The van der Waals surface area contributed by atoms with Crippen molar-refractivity contribution in [2.45, 2.75) is 26.3 Å². The van der Waals surface area contributed by atoms with E-state index in [4.69, 9.17) is 5.73 Å². The molecule has 0 spiro atoms. The maximum Gasteiger partial charge on any atom is 0.122 e. The zero-order valence-corrected chi connectivity index (χ0v) is 9.55. The number of thioether (sulfide) groups is 1. The maximum atomic E-state index is 5.88. The molecule has 1 saturated heterocycles. The van der Waals surface area contributed by atoms with Crippen LogP contribution in [-0.4, -0.2) is 21.3 Å². The summed E-state index contributed by atoms with van der Waals surface area (Å²) >= 11 is 2.00. The molecule has 2 rings (SSSR count). The second kappa shape index (κ2) is 3.50. The van der Waals surface area contributed by atoms with E-state index in [1.807, 2.05) is 22.5 Å². The van der Waals surface area contributed by atoms with E-state index in [2.05, 4.69) is 18.9 Å². The Balaban J connectivity index is 2.28. The van der Waals surface area contributed by atoms with E-state index in [0.29, 0.717) is 11.5 Å². The molecule has 1 unspecified atom stereocenters. The average Bonchev–Trinajstić information content (AvgIpc) is 2.51. The average molecular weight is 211 g/mol. The third-order valence-electron chi connectivity index (χ3n) is 3.06. The van der Waals surface area contributed by atoms with Crippen molar-refractivity contribution in [3.63, 3.8) is 0 Å². The lowest BCUT2D eigenvalue weighted by Crippen LogP contribution is -2.34. The van der Waals surface area contributed by atoms with Gasteiger partial charge in [-0.15, -0.1) is 0 Å². The molecule has 0 amide bonds. The molecule has 1 atom stereocenters. The zero-order chi connectivity index (χ0) is 10.2. The highest BCUT2D eigenvalue weighted by Gasteiger charge is 2.34. The van der Waals surface area contributed by atoms with Gasteiger partial charge in [0.25, 0.3) is 0 Å². The van der Waals surface area contributed by atoms with Crippen LogP contribution in [0.5, 0.6) is 0 Å². The summed E-state index contributed by atoms with van der Waals surface area (Å²) < 4.78 is 1.98. The highest BCUT2D eigenvalue weighted by Crippen LogP contribution is 2.42. The van der Waals surface area contributed by atoms with Gasteiger partial charge in [0, 0.05) is 5.75 Å². The minimum Gasteiger partial charge on any atom is -0.384 e. The second-order valence-corrected chi connectivity index (χ2v) is 5.68. The molecule has 0 aliphatic carbocycles. The molecule has 1 aliphatic rings. The summed E-state index contributed by atoms with van der Waals surface area (Å²) in [7, 11) is 0. The van der Waals surface area contributed by atoms with Crippen molar-refractivity contribution in [1.29, 1.82) is 0 Å². The van der Waals surface area contributed by atoms with E-state index < -0.39 is 0 Å². The van der Waals surface area contributed by atoms with Crippen LogP contribution in [0.4, 0.5) is 5.82 Å². The van der Waals surface area contributed by atoms with Crippen LogP contribution in [0.2, 0.25) is 0 Å². The Labute approximate surface area is 89.1 Å². The molecule has 0 bridgehead atoms. The molecule has 0 radical (unpaired) electrons. The number of aromatic nitrogens is 2. The second-order valence-electron chi connectivity index (χ2n) is 4.53. The Bertz CT molecular complexity index is 319. The van der Waals surface area contributed by atoms with Crippen molar-refractivity contribution in [2.24, 2.45) is 5.41 Å². The van der Waals surface area contributed by atoms with Gasteiger partial charge in [-0.05, 0) is 23.7 Å². The highest BCUT2D eigenvalue weighted by molar-refractivity contribution is 7.99. The van der Waals surface area contributed by atoms with Gasteiger partial charge in [0.2, 0.25) is 0 Å². The Morgan fingerprint density at radius 3 is 3.00 bits per heavy atom. The molecule has 3 nitrogen and oxygen atoms in total. The van der Waals surface area contributed by atoms with Crippen LogP contribution in [-0.2, 0) is 0 Å². The molecule has 2 heterocycles. The quantitative estimate of drug-likeness (QED) is 0.774. The van der Waals surface area contributed by atoms with Crippen LogP contribution in [0.15, 0.2) is 12.3 Å². The number of nitrogens with zero attached hydrogens (tertiary/aromatic N) is 2. The summed E-state index contributed by atoms with van der Waals surface area (Å²) in [6.45, 7) is 4.61. The predicted octanol–water partition coefficient (Wildman–Crippen LogP) is 2.17. The first-order valence-corrected chi connectivity index (χ1v) is 6.13. The summed E-state index contributed by atoms with van der Waals surface area (Å²) in [6, 6.07) is 2.31. The molecule has 14 heavy (non-hydrogen) atoms. The van der Waals surface area contributed by atoms with Crippen molar-refractivity contribution in [3.05, 3.63) is 12.3 Å². The number of anilines is 1. The minimum atomic E-state index is 0.311. The maximum absolute atomic E-state index is 5.88. The first-order chi connectivity index (χ1) is 6.61. The molecule has 1 aromatic heterocycles. The van der Waals surface area contributed by atoms with Crippen LogP contribution in [0.1, 0.15) is 26.3 Å². The Kier molecular flexibility index (Phi) is 2.47. The van der Waals surface area contributed by atoms with Gasteiger partial charge in [0.15, 0.2) is 0 Å². The smallest absolute Gasteiger partial charge is 0.122 e. The van der Waals surface area contributed by atoms with Gasteiger partial charge in [-0.3, -0.25) is 0 Å². The van der Waals surface area contributed by atoms with E-state index in [-0.39, 0.29) is 0 Å². The lowest BCUT2D eigenvalue weighted by Gasteiger charge is -2.38. The number of hydrogen-bond acceptors (Lipinski definition) is 3. The van der Waals surface area contributed by atoms with E-state index in [0.717, 1.165) is 11.6 Å². The minimum absolute atomic E-state index is 0.311. The van der Waals surface area contributed by atoms with Crippen molar-refractivity contribution in [3.8, 4) is 0 Å². The van der Waals surface area contributed by atoms with E-state index in [1.165, 1.54) is 12.2 Å². The van der Waals surface area contributed by atoms with E-state index in [9.17, 15) is 0 Å². The number of rotatable bonds is 1. The molecule has 0 saturated carbocycles. The molecule has 4 heteroatoms. The molecular weight excluding hydrogens is 194 g/mol. The molecule has 1 aliphatic heterocycles. The predicted molar refractivity (Wildman–Crippen MR) is 61.4 cm³/mol. The van der Waals surface area contributed by atoms with Crippen LogP contribution in [0, 0.1) is 5.41 Å². The fourth-order valence-electron chi connectivity index (χ4n) is 1.91.